The van der Waals surface area contributed by atoms with Gasteiger partial charge in [0.1, 0.15) is 22.6 Å². The summed E-state index contributed by atoms with van der Waals surface area (Å²) >= 11 is 0. The lowest BCUT2D eigenvalue weighted by Crippen LogP contribution is -2.45. The van der Waals surface area contributed by atoms with Crippen LogP contribution in [0.15, 0.2) is 41.5 Å². The van der Waals surface area contributed by atoms with Gasteiger partial charge in [0, 0.05) is 50.2 Å². The number of likely N-dealkylation sites (N-methyl/N-ethyl adjacent to an activating group) is 1. The Kier molecular flexibility index (Phi) is 5.02. The quantitative estimate of drug-likeness (QED) is 0.513. The molecular weight excluding hydrogens is 415 g/mol. The molecule has 4 heterocycles. The molecule has 3 aromatic heterocycles. The largest absolute Gasteiger partial charge is 0.494 e. The summed E-state index contributed by atoms with van der Waals surface area (Å²) in [7, 11) is 3.50. The number of rotatable bonds is 4. The van der Waals surface area contributed by atoms with Crippen LogP contribution in [0.1, 0.15) is 0 Å². The first kappa shape index (κ1) is 20.1. The summed E-state index contributed by atoms with van der Waals surface area (Å²) in [4.78, 5) is 26.0. The molecule has 1 N–H and O–H groups in total. The van der Waals surface area contributed by atoms with Gasteiger partial charge in [0.05, 0.1) is 12.6 Å². The van der Waals surface area contributed by atoms with Crippen LogP contribution in [-0.2, 0) is 0 Å². The summed E-state index contributed by atoms with van der Waals surface area (Å²) in [5.74, 6) is 0.231. The van der Waals surface area contributed by atoms with Crippen molar-refractivity contribution in [1.29, 1.82) is 0 Å². The number of H-pyrrole nitrogens is 1. The molecule has 10 nitrogen and oxygen atoms in total. The van der Waals surface area contributed by atoms with Crippen LogP contribution in [0.25, 0.3) is 28.0 Å². The van der Waals surface area contributed by atoms with E-state index in [-0.39, 0.29) is 11.4 Å². The van der Waals surface area contributed by atoms with E-state index in [1.807, 2.05) is 0 Å². The van der Waals surface area contributed by atoms with Gasteiger partial charge in [-0.3, -0.25) is 9.89 Å². The van der Waals surface area contributed by atoms with Crippen molar-refractivity contribution >= 4 is 17.0 Å². The highest BCUT2D eigenvalue weighted by Gasteiger charge is 2.20. The maximum atomic E-state index is 14.6. The fourth-order valence-corrected chi connectivity index (χ4v) is 3.73. The van der Waals surface area contributed by atoms with Gasteiger partial charge in [0.15, 0.2) is 5.82 Å². The number of piperazine rings is 1. The van der Waals surface area contributed by atoms with Gasteiger partial charge >= 0.3 is 0 Å². The Labute approximate surface area is 182 Å². The number of anilines is 1. The monoisotopic (exact) mass is 436 g/mol. The summed E-state index contributed by atoms with van der Waals surface area (Å²) in [5.41, 5.74) is 1.35. The third kappa shape index (κ3) is 3.46. The number of methoxy groups -OCH3 is 1. The SMILES string of the molecule is COc1cccc(F)c1-n1nc2c(-c3cnc(N4CCN(C)CC4)nc3)n[nH]c2cc1=O. The molecule has 11 heteroatoms. The Morgan fingerprint density at radius 1 is 1.12 bits per heavy atom. The van der Waals surface area contributed by atoms with Crippen LogP contribution in [0, 0.1) is 5.82 Å². The molecule has 0 aliphatic carbocycles. The maximum absolute atomic E-state index is 14.6. The van der Waals surface area contributed by atoms with Gasteiger partial charge in [-0.05, 0) is 19.2 Å². The molecule has 5 rings (SSSR count). The van der Waals surface area contributed by atoms with E-state index < -0.39 is 11.4 Å². The molecule has 164 valence electrons. The molecular formula is C21H21FN8O2. The Morgan fingerprint density at radius 2 is 1.88 bits per heavy atom. The Hall–Kier alpha value is -3.86. The number of hydrogen-bond acceptors (Lipinski definition) is 8. The molecule has 1 aliphatic heterocycles. The van der Waals surface area contributed by atoms with Crippen molar-refractivity contribution in [1.82, 2.24) is 34.8 Å². The van der Waals surface area contributed by atoms with Gasteiger partial charge in [-0.25, -0.2) is 14.4 Å². The zero-order chi connectivity index (χ0) is 22.2. The highest BCUT2D eigenvalue weighted by Crippen LogP contribution is 2.27. The molecule has 32 heavy (non-hydrogen) atoms. The van der Waals surface area contributed by atoms with Crippen LogP contribution in [0.2, 0.25) is 0 Å². The van der Waals surface area contributed by atoms with E-state index in [1.54, 1.807) is 18.5 Å². The second kappa shape index (κ2) is 8.00. The Bertz CT molecular complexity index is 1330. The number of benzene rings is 1. The highest BCUT2D eigenvalue weighted by molar-refractivity contribution is 5.88. The van der Waals surface area contributed by atoms with Gasteiger partial charge in [-0.1, -0.05) is 6.07 Å². The van der Waals surface area contributed by atoms with Crippen molar-refractivity contribution in [3.63, 3.8) is 0 Å². The average Bonchev–Trinajstić information content (AvgIpc) is 3.21. The number of fused-ring (bicyclic) bond motifs is 1. The predicted molar refractivity (Wildman–Crippen MR) is 117 cm³/mol. The third-order valence-corrected chi connectivity index (χ3v) is 5.52. The molecule has 0 spiro atoms. The van der Waals surface area contributed by atoms with Crippen molar-refractivity contribution in [3.8, 4) is 22.7 Å². The minimum absolute atomic E-state index is 0.0595. The summed E-state index contributed by atoms with van der Waals surface area (Å²) in [6.45, 7) is 3.63. The molecule has 0 unspecified atom stereocenters. The summed E-state index contributed by atoms with van der Waals surface area (Å²) in [6, 6.07) is 5.64. The normalized spacial score (nSPS) is 14.8. The summed E-state index contributed by atoms with van der Waals surface area (Å²) in [6.07, 6.45) is 3.36. The molecule has 1 fully saturated rings. The van der Waals surface area contributed by atoms with Crippen LogP contribution >= 0.6 is 0 Å². The van der Waals surface area contributed by atoms with Crippen molar-refractivity contribution in [2.24, 2.45) is 0 Å². The summed E-state index contributed by atoms with van der Waals surface area (Å²) < 4.78 is 20.8. The van der Waals surface area contributed by atoms with Gasteiger partial charge in [-0.2, -0.15) is 14.9 Å². The molecule has 0 radical (unpaired) electrons. The van der Waals surface area contributed by atoms with Gasteiger partial charge in [-0.15, -0.1) is 0 Å². The predicted octanol–water partition coefficient (Wildman–Crippen LogP) is 1.47. The second-order valence-electron chi connectivity index (χ2n) is 7.58. The lowest BCUT2D eigenvalue weighted by atomic mass is 10.2. The van der Waals surface area contributed by atoms with E-state index in [9.17, 15) is 9.18 Å². The van der Waals surface area contributed by atoms with Gasteiger partial charge < -0.3 is 14.5 Å². The standard InChI is InChI=1S/C21H21FN8O2/c1-28-6-8-29(9-7-28)21-23-11-13(12-24-21)18-19-15(25-26-18)10-17(31)30(27-19)20-14(22)4-3-5-16(20)32-2/h3-5,10-12,25H,6-9H2,1-2H3. The first-order valence-electron chi connectivity index (χ1n) is 10.1. The van der Waals surface area contributed by atoms with E-state index in [0.29, 0.717) is 28.2 Å². The molecule has 4 aromatic rings. The number of aromatic amines is 1. The fourth-order valence-electron chi connectivity index (χ4n) is 3.73. The van der Waals surface area contributed by atoms with Crippen LogP contribution in [0.4, 0.5) is 10.3 Å². The fraction of sp³-hybridized carbons (Fsp3) is 0.286. The van der Waals surface area contributed by atoms with Crippen LogP contribution in [0.3, 0.4) is 0 Å². The minimum Gasteiger partial charge on any atom is -0.494 e. The second-order valence-corrected chi connectivity index (χ2v) is 7.58. The highest BCUT2D eigenvalue weighted by atomic mass is 19.1. The molecule has 1 aliphatic rings. The summed E-state index contributed by atoms with van der Waals surface area (Å²) in [5, 5.41) is 11.5. The first-order valence-corrected chi connectivity index (χ1v) is 10.1. The molecule has 0 atom stereocenters. The third-order valence-electron chi connectivity index (χ3n) is 5.52. The van der Waals surface area contributed by atoms with Crippen molar-refractivity contribution in [3.05, 3.63) is 52.8 Å². The molecule has 0 amide bonds. The Balaban J connectivity index is 1.55. The topological polar surface area (TPSA) is 105 Å². The average molecular weight is 436 g/mol. The Morgan fingerprint density at radius 3 is 2.59 bits per heavy atom. The number of nitrogens with zero attached hydrogens (tertiary/aromatic N) is 7. The van der Waals surface area contributed by atoms with Crippen molar-refractivity contribution < 1.29 is 9.13 Å². The maximum Gasteiger partial charge on any atom is 0.273 e. The van der Waals surface area contributed by atoms with Crippen LogP contribution in [-0.4, -0.2) is 75.2 Å². The number of aromatic nitrogens is 6. The van der Waals surface area contributed by atoms with Gasteiger partial charge in [0.25, 0.3) is 5.56 Å². The van der Waals surface area contributed by atoms with Crippen molar-refractivity contribution in [2.75, 3.05) is 45.2 Å². The zero-order valence-electron chi connectivity index (χ0n) is 17.6. The number of halogens is 1. The van der Waals surface area contributed by atoms with Crippen LogP contribution in [0.5, 0.6) is 5.75 Å². The van der Waals surface area contributed by atoms with E-state index in [1.165, 1.54) is 25.3 Å². The van der Waals surface area contributed by atoms with E-state index in [4.69, 9.17) is 4.74 Å². The van der Waals surface area contributed by atoms with Crippen molar-refractivity contribution in [2.45, 2.75) is 0 Å². The number of hydrogen-bond donors (Lipinski definition) is 1. The molecule has 0 saturated carbocycles. The molecule has 0 bridgehead atoms. The lowest BCUT2D eigenvalue weighted by Gasteiger charge is -2.32. The van der Waals surface area contributed by atoms with Gasteiger partial charge in [0.2, 0.25) is 5.95 Å². The number of nitrogens with one attached hydrogen (secondary N) is 1. The first-order chi connectivity index (χ1) is 15.5. The number of para-hydroxylation sites is 1. The molecule has 1 aromatic carbocycles. The number of ether oxygens (including phenoxy) is 1. The lowest BCUT2D eigenvalue weighted by molar-refractivity contribution is 0.311. The molecule has 1 saturated heterocycles. The van der Waals surface area contributed by atoms with E-state index in [0.717, 1.165) is 30.9 Å². The minimum atomic E-state index is -0.622. The zero-order valence-corrected chi connectivity index (χ0v) is 17.6. The van der Waals surface area contributed by atoms with Crippen LogP contribution < -0.4 is 15.2 Å². The smallest absolute Gasteiger partial charge is 0.273 e. The van der Waals surface area contributed by atoms with E-state index in [2.05, 4.69) is 42.1 Å². The van der Waals surface area contributed by atoms with E-state index >= 15 is 0 Å².